The molecule has 0 aliphatic carbocycles. The minimum Gasteiger partial charge on any atom is -0.393 e. The van der Waals surface area contributed by atoms with Crippen molar-refractivity contribution in [2.75, 3.05) is 27.2 Å². The van der Waals surface area contributed by atoms with E-state index in [1.165, 1.54) is 0 Å². The molecular formula is C15H22ClN3OS. The van der Waals surface area contributed by atoms with Crippen molar-refractivity contribution in [3.8, 4) is 0 Å². The van der Waals surface area contributed by atoms with Crippen LogP contribution in [-0.2, 0) is 4.79 Å². The summed E-state index contributed by atoms with van der Waals surface area (Å²) in [4.78, 5) is 16.2. The molecule has 1 amide bonds. The topological polar surface area (TPSA) is 49.6 Å². The Morgan fingerprint density at radius 2 is 1.90 bits per heavy atom. The van der Waals surface area contributed by atoms with Crippen molar-refractivity contribution >= 4 is 34.7 Å². The van der Waals surface area contributed by atoms with Crippen LogP contribution in [0.5, 0.6) is 0 Å². The van der Waals surface area contributed by atoms with E-state index in [-0.39, 0.29) is 11.9 Å². The molecule has 1 aromatic rings. The van der Waals surface area contributed by atoms with Crippen molar-refractivity contribution in [3.63, 3.8) is 0 Å². The standard InChI is InChI=1S/C15H22ClN3OS/c1-11(12-4-6-13(16)7-5-12)19(3)10-15(20)18(2)9-8-14(17)21/h4-7,11H,8-10H2,1-3H3,(H2,17,21). The third-order valence-electron chi connectivity index (χ3n) is 3.52. The average molecular weight is 328 g/mol. The lowest BCUT2D eigenvalue weighted by Gasteiger charge is -2.27. The van der Waals surface area contributed by atoms with Crippen LogP contribution in [0.2, 0.25) is 5.02 Å². The van der Waals surface area contributed by atoms with Gasteiger partial charge in [0.2, 0.25) is 5.91 Å². The predicted molar refractivity (Wildman–Crippen MR) is 91.5 cm³/mol. The maximum Gasteiger partial charge on any atom is 0.236 e. The third kappa shape index (κ3) is 5.99. The van der Waals surface area contributed by atoms with E-state index in [0.29, 0.717) is 29.5 Å². The molecule has 0 heterocycles. The van der Waals surface area contributed by atoms with Crippen LogP contribution in [-0.4, -0.2) is 47.9 Å². The number of likely N-dealkylation sites (N-methyl/N-ethyl adjacent to an activating group) is 2. The summed E-state index contributed by atoms with van der Waals surface area (Å²) in [5, 5.41) is 0.710. The maximum atomic E-state index is 12.1. The van der Waals surface area contributed by atoms with E-state index in [1.807, 2.05) is 36.2 Å². The Morgan fingerprint density at radius 1 is 1.33 bits per heavy atom. The van der Waals surface area contributed by atoms with E-state index in [4.69, 9.17) is 29.6 Å². The first kappa shape index (κ1) is 17.9. The number of nitrogens with two attached hydrogens (primary N) is 1. The predicted octanol–water partition coefficient (Wildman–Crippen LogP) is 2.47. The molecule has 1 unspecified atom stereocenters. The lowest BCUT2D eigenvalue weighted by Crippen LogP contribution is -2.38. The Bertz CT molecular complexity index is 492. The molecule has 21 heavy (non-hydrogen) atoms. The van der Waals surface area contributed by atoms with Gasteiger partial charge < -0.3 is 10.6 Å². The van der Waals surface area contributed by atoms with E-state index >= 15 is 0 Å². The van der Waals surface area contributed by atoms with Crippen molar-refractivity contribution < 1.29 is 4.79 Å². The second kappa shape index (κ2) is 8.32. The number of halogens is 1. The van der Waals surface area contributed by atoms with Gasteiger partial charge >= 0.3 is 0 Å². The van der Waals surface area contributed by atoms with Crippen LogP contribution in [0.15, 0.2) is 24.3 Å². The summed E-state index contributed by atoms with van der Waals surface area (Å²) in [5.41, 5.74) is 6.58. The fourth-order valence-electron chi connectivity index (χ4n) is 1.87. The molecule has 2 N–H and O–H groups in total. The summed E-state index contributed by atoms with van der Waals surface area (Å²) in [5.74, 6) is 0.0505. The molecule has 0 saturated carbocycles. The van der Waals surface area contributed by atoms with Crippen LogP contribution in [0.3, 0.4) is 0 Å². The zero-order valence-electron chi connectivity index (χ0n) is 12.7. The van der Waals surface area contributed by atoms with Gasteiger partial charge in [-0.2, -0.15) is 0 Å². The zero-order chi connectivity index (χ0) is 16.0. The Morgan fingerprint density at radius 3 is 2.43 bits per heavy atom. The molecule has 0 aliphatic heterocycles. The summed E-state index contributed by atoms with van der Waals surface area (Å²) in [6, 6.07) is 7.80. The lowest BCUT2D eigenvalue weighted by atomic mass is 10.1. The highest BCUT2D eigenvalue weighted by Gasteiger charge is 2.17. The summed E-state index contributed by atoms with van der Waals surface area (Å²) in [6.07, 6.45) is 0.550. The first-order valence-corrected chi connectivity index (χ1v) is 7.58. The molecule has 1 atom stereocenters. The highest BCUT2D eigenvalue weighted by Crippen LogP contribution is 2.20. The van der Waals surface area contributed by atoms with Gasteiger partial charge in [-0.1, -0.05) is 36.0 Å². The smallest absolute Gasteiger partial charge is 0.236 e. The molecule has 6 heteroatoms. The van der Waals surface area contributed by atoms with Crippen molar-refractivity contribution in [1.29, 1.82) is 0 Å². The van der Waals surface area contributed by atoms with Gasteiger partial charge in [0.1, 0.15) is 0 Å². The Labute approximate surface area is 136 Å². The van der Waals surface area contributed by atoms with Gasteiger partial charge in [-0.15, -0.1) is 0 Å². The monoisotopic (exact) mass is 327 g/mol. The fraction of sp³-hybridized carbons (Fsp3) is 0.467. The first-order chi connectivity index (χ1) is 9.81. The molecule has 0 aromatic heterocycles. The normalized spacial score (nSPS) is 12.2. The zero-order valence-corrected chi connectivity index (χ0v) is 14.2. The number of benzene rings is 1. The number of amides is 1. The summed E-state index contributed by atoms with van der Waals surface area (Å²) in [6.45, 7) is 2.96. The second-order valence-electron chi connectivity index (χ2n) is 5.17. The van der Waals surface area contributed by atoms with Crippen LogP contribution in [0.25, 0.3) is 0 Å². The molecule has 4 nitrogen and oxygen atoms in total. The summed E-state index contributed by atoms with van der Waals surface area (Å²) >= 11 is 10.7. The van der Waals surface area contributed by atoms with E-state index in [9.17, 15) is 4.79 Å². The van der Waals surface area contributed by atoms with Gasteiger partial charge in [-0.05, 0) is 31.7 Å². The Kier molecular flexibility index (Phi) is 7.08. The third-order valence-corrected chi connectivity index (χ3v) is 3.97. The van der Waals surface area contributed by atoms with Gasteiger partial charge in [0.25, 0.3) is 0 Å². The average Bonchev–Trinajstić information content (AvgIpc) is 2.44. The lowest BCUT2D eigenvalue weighted by molar-refractivity contribution is -0.131. The molecule has 1 rings (SSSR count). The van der Waals surface area contributed by atoms with Crippen molar-refractivity contribution in [3.05, 3.63) is 34.9 Å². The molecule has 1 aromatic carbocycles. The highest BCUT2D eigenvalue weighted by molar-refractivity contribution is 7.80. The number of hydrogen-bond donors (Lipinski definition) is 1. The molecule has 0 bridgehead atoms. The van der Waals surface area contributed by atoms with Gasteiger partial charge in [0.15, 0.2) is 0 Å². The molecule has 0 fully saturated rings. The molecule has 0 saturated heterocycles. The SMILES string of the molecule is CC(c1ccc(Cl)cc1)N(C)CC(=O)N(C)CCC(N)=S. The molecule has 116 valence electrons. The van der Waals surface area contributed by atoms with Crippen LogP contribution in [0, 0.1) is 0 Å². The van der Waals surface area contributed by atoms with Gasteiger partial charge in [0, 0.05) is 31.1 Å². The second-order valence-corrected chi connectivity index (χ2v) is 6.14. The Balaban J connectivity index is 2.55. The number of hydrogen-bond acceptors (Lipinski definition) is 3. The number of nitrogens with zero attached hydrogens (tertiary/aromatic N) is 2. The van der Waals surface area contributed by atoms with Gasteiger partial charge in [0.05, 0.1) is 11.5 Å². The van der Waals surface area contributed by atoms with E-state index in [0.717, 1.165) is 5.56 Å². The quantitative estimate of drug-likeness (QED) is 0.782. The number of rotatable bonds is 7. The van der Waals surface area contributed by atoms with Gasteiger partial charge in [-0.3, -0.25) is 9.69 Å². The molecule has 0 radical (unpaired) electrons. The number of carbonyl (C=O) groups is 1. The van der Waals surface area contributed by atoms with E-state index < -0.39 is 0 Å². The largest absolute Gasteiger partial charge is 0.393 e. The number of carbonyl (C=O) groups excluding carboxylic acids is 1. The maximum absolute atomic E-state index is 12.1. The van der Waals surface area contributed by atoms with Crippen LogP contribution in [0.1, 0.15) is 24.9 Å². The van der Waals surface area contributed by atoms with Crippen LogP contribution in [0.4, 0.5) is 0 Å². The molecular weight excluding hydrogens is 306 g/mol. The minimum atomic E-state index is 0.0505. The van der Waals surface area contributed by atoms with Crippen molar-refractivity contribution in [1.82, 2.24) is 9.80 Å². The van der Waals surface area contributed by atoms with E-state index in [2.05, 4.69) is 6.92 Å². The number of thiocarbonyl (C=S) groups is 1. The van der Waals surface area contributed by atoms with Gasteiger partial charge in [-0.25, -0.2) is 0 Å². The van der Waals surface area contributed by atoms with Crippen molar-refractivity contribution in [2.45, 2.75) is 19.4 Å². The van der Waals surface area contributed by atoms with Crippen molar-refractivity contribution in [2.24, 2.45) is 5.73 Å². The summed E-state index contributed by atoms with van der Waals surface area (Å²) in [7, 11) is 3.69. The van der Waals surface area contributed by atoms with E-state index in [1.54, 1.807) is 11.9 Å². The molecule has 0 aliphatic rings. The summed E-state index contributed by atoms with van der Waals surface area (Å²) < 4.78 is 0. The fourth-order valence-corrected chi connectivity index (χ4v) is 2.09. The molecule has 0 spiro atoms. The van der Waals surface area contributed by atoms with Crippen LogP contribution >= 0.6 is 23.8 Å². The highest BCUT2D eigenvalue weighted by atomic mass is 35.5. The Hall–Kier alpha value is -1.17. The minimum absolute atomic E-state index is 0.0505. The first-order valence-electron chi connectivity index (χ1n) is 6.79. The van der Waals surface area contributed by atoms with Crippen LogP contribution < -0.4 is 5.73 Å².